The van der Waals surface area contributed by atoms with Gasteiger partial charge >= 0.3 is 0 Å². The van der Waals surface area contributed by atoms with Crippen LogP contribution >= 0.6 is 8.35 Å². The van der Waals surface area contributed by atoms with Gasteiger partial charge in [0.25, 0.3) is 0 Å². The van der Waals surface area contributed by atoms with Crippen LogP contribution in [0.2, 0.25) is 0 Å². The zero-order valence-corrected chi connectivity index (χ0v) is 8.62. The van der Waals surface area contributed by atoms with E-state index in [2.05, 4.69) is 24.2 Å². The first-order chi connectivity index (χ1) is 6.27. The highest BCUT2D eigenvalue weighted by molar-refractivity contribution is 7.27. The Bertz CT molecular complexity index is 387. The molecule has 0 amide bonds. The molecule has 1 heterocycles. The van der Waals surface area contributed by atoms with Crippen LogP contribution in [0.15, 0.2) is 30.3 Å². The van der Waals surface area contributed by atoms with Crippen molar-refractivity contribution in [2.24, 2.45) is 0 Å². The lowest BCUT2D eigenvalue weighted by Crippen LogP contribution is -1.90. The van der Waals surface area contributed by atoms with E-state index in [1.54, 1.807) is 0 Å². The van der Waals surface area contributed by atoms with Gasteiger partial charge in [0.2, 0.25) is 0 Å². The van der Waals surface area contributed by atoms with E-state index >= 15 is 0 Å². The minimum Gasteiger partial charge on any atom is -0.215 e. The van der Waals surface area contributed by atoms with Crippen LogP contribution in [-0.2, 0) is 0 Å². The molecule has 1 aromatic heterocycles. The summed E-state index contributed by atoms with van der Waals surface area (Å²) >= 11 is 0. The minimum atomic E-state index is 1.13. The Hall–Kier alpha value is -1.14. The second-order valence-electron chi connectivity index (χ2n) is 3.00. The fraction of sp³-hybridized carbons (Fsp3) is 0.200. The van der Waals surface area contributed by atoms with E-state index in [0.717, 1.165) is 11.4 Å². The number of aromatic nitrogens is 2. The normalized spacial score (nSPS) is 10.9. The summed E-state index contributed by atoms with van der Waals surface area (Å²) in [4.78, 5) is 0. The number of rotatable bonds is 1. The molecular weight excluding hydrogens is 179 g/mol. The van der Waals surface area contributed by atoms with Gasteiger partial charge in [-0.2, -0.15) is 5.10 Å². The lowest BCUT2D eigenvalue weighted by molar-refractivity contribution is 0.924. The Morgan fingerprint density at radius 2 is 1.85 bits per heavy atom. The molecule has 0 bridgehead atoms. The largest absolute Gasteiger partial charge is 0.215 e. The van der Waals surface area contributed by atoms with Crippen molar-refractivity contribution in [3.8, 4) is 5.69 Å². The Kier molecular flexibility index (Phi) is 2.15. The van der Waals surface area contributed by atoms with Gasteiger partial charge in [-0.1, -0.05) is 18.2 Å². The van der Waals surface area contributed by atoms with Crippen molar-refractivity contribution < 1.29 is 0 Å². The van der Waals surface area contributed by atoms with E-state index in [1.807, 2.05) is 29.6 Å². The van der Waals surface area contributed by atoms with Gasteiger partial charge in [0.05, 0.1) is 11.4 Å². The first-order valence-corrected chi connectivity index (χ1v) is 5.08. The number of hydrogen-bond acceptors (Lipinski definition) is 1. The molecule has 0 unspecified atom stereocenters. The zero-order chi connectivity index (χ0) is 9.26. The molecule has 0 aliphatic carbocycles. The topological polar surface area (TPSA) is 17.8 Å². The number of aryl methyl sites for hydroxylation is 2. The summed E-state index contributed by atoms with van der Waals surface area (Å²) in [6, 6.07) is 10.2. The van der Waals surface area contributed by atoms with Gasteiger partial charge in [-0.05, 0) is 26.0 Å². The van der Waals surface area contributed by atoms with Crippen molar-refractivity contribution in [2.75, 3.05) is 0 Å². The smallest absolute Gasteiger partial charge is 0.0692 e. The maximum Gasteiger partial charge on any atom is 0.0692 e. The van der Waals surface area contributed by atoms with Crippen LogP contribution < -0.4 is 0 Å². The van der Waals surface area contributed by atoms with E-state index < -0.39 is 0 Å². The monoisotopic (exact) mass is 190 g/mol. The third kappa shape index (κ3) is 1.63. The van der Waals surface area contributed by atoms with Crippen LogP contribution in [0.1, 0.15) is 11.0 Å². The fourth-order valence-corrected chi connectivity index (χ4v) is 2.03. The molecule has 0 spiro atoms. The van der Waals surface area contributed by atoms with Crippen molar-refractivity contribution in [3.63, 3.8) is 0 Å². The molecule has 2 rings (SSSR count). The van der Waals surface area contributed by atoms with Crippen LogP contribution in [0, 0.1) is 13.8 Å². The van der Waals surface area contributed by atoms with Gasteiger partial charge in [0.15, 0.2) is 0 Å². The standard InChI is InChI=1S/C10H11N2P/c1-8-9(2)13-12(11-8)10-6-4-3-5-7-10/h3-7H,1-2H3. The van der Waals surface area contributed by atoms with Crippen molar-refractivity contribution >= 4 is 8.35 Å². The lowest BCUT2D eigenvalue weighted by atomic mass is 10.3. The lowest BCUT2D eigenvalue weighted by Gasteiger charge is -1.97. The van der Waals surface area contributed by atoms with Crippen molar-refractivity contribution in [3.05, 3.63) is 41.3 Å². The third-order valence-corrected chi connectivity index (χ3v) is 3.13. The molecule has 0 N–H and O–H groups in total. The molecule has 0 aliphatic rings. The number of benzene rings is 1. The Morgan fingerprint density at radius 3 is 2.38 bits per heavy atom. The fourth-order valence-electron chi connectivity index (χ4n) is 1.13. The van der Waals surface area contributed by atoms with Crippen molar-refractivity contribution in [2.45, 2.75) is 13.8 Å². The molecule has 1 aromatic carbocycles. The van der Waals surface area contributed by atoms with Crippen molar-refractivity contribution in [1.82, 2.24) is 9.54 Å². The van der Waals surface area contributed by atoms with E-state index in [9.17, 15) is 0 Å². The molecular formula is C10H11N2P. The summed E-state index contributed by atoms with van der Waals surface area (Å²) in [6.45, 7) is 4.16. The molecule has 0 saturated heterocycles. The molecule has 0 fully saturated rings. The summed E-state index contributed by atoms with van der Waals surface area (Å²) in [6.07, 6.45) is 0. The average molecular weight is 190 g/mol. The maximum absolute atomic E-state index is 4.44. The number of para-hydroxylation sites is 1. The third-order valence-electron chi connectivity index (χ3n) is 2.00. The quantitative estimate of drug-likeness (QED) is 0.675. The maximum atomic E-state index is 4.44. The highest BCUT2D eigenvalue weighted by Crippen LogP contribution is 2.20. The van der Waals surface area contributed by atoms with Crippen LogP contribution in [0.25, 0.3) is 5.69 Å². The Balaban J connectivity index is 2.48. The molecule has 0 atom stereocenters. The molecule has 0 aliphatic heterocycles. The Labute approximate surface area is 79.4 Å². The van der Waals surface area contributed by atoms with Crippen LogP contribution in [0.3, 0.4) is 0 Å². The van der Waals surface area contributed by atoms with Crippen LogP contribution in [-0.4, -0.2) is 9.54 Å². The highest BCUT2D eigenvalue weighted by atomic mass is 31.0. The highest BCUT2D eigenvalue weighted by Gasteiger charge is 2.01. The van der Waals surface area contributed by atoms with E-state index in [-0.39, 0.29) is 0 Å². The summed E-state index contributed by atoms with van der Waals surface area (Å²) < 4.78 is 2.00. The van der Waals surface area contributed by atoms with Gasteiger partial charge in [-0.25, -0.2) is 4.44 Å². The summed E-state index contributed by atoms with van der Waals surface area (Å²) in [5.74, 6) is 0. The molecule has 3 heteroatoms. The van der Waals surface area contributed by atoms with Gasteiger partial charge in [-0.15, -0.1) is 0 Å². The summed E-state index contributed by atoms with van der Waals surface area (Å²) in [5, 5.41) is 5.76. The SMILES string of the molecule is Cc1nn(-c2ccccc2)pc1C. The first-order valence-electron chi connectivity index (χ1n) is 4.23. The van der Waals surface area contributed by atoms with Crippen molar-refractivity contribution in [1.29, 1.82) is 0 Å². The van der Waals surface area contributed by atoms with Gasteiger partial charge < -0.3 is 0 Å². The second-order valence-corrected chi connectivity index (χ2v) is 4.25. The van der Waals surface area contributed by atoms with Gasteiger partial charge in [-0.3, -0.25) is 0 Å². The molecule has 2 nitrogen and oxygen atoms in total. The molecule has 2 aromatic rings. The van der Waals surface area contributed by atoms with Crippen LogP contribution in [0.4, 0.5) is 0 Å². The van der Waals surface area contributed by atoms with Gasteiger partial charge in [0, 0.05) is 13.6 Å². The van der Waals surface area contributed by atoms with E-state index in [0.29, 0.717) is 0 Å². The second kappa shape index (κ2) is 3.31. The van der Waals surface area contributed by atoms with Crippen LogP contribution in [0.5, 0.6) is 0 Å². The summed E-state index contributed by atoms with van der Waals surface area (Å²) in [7, 11) is 1.18. The number of nitrogens with zero attached hydrogens (tertiary/aromatic N) is 2. The predicted octanol–water partition coefficient (Wildman–Crippen LogP) is 3.07. The molecule has 0 radical (unpaired) electrons. The Morgan fingerprint density at radius 1 is 1.15 bits per heavy atom. The van der Waals surface area contributed by atoms with Gasteiger partial charge in [0.1, 0.15) is 0 Å². The molecule has 13 heavy (non-hydrogen) atoms. The van der Waals surface area contributed by atoms with E-state index in [4.69, 9.17) is 0 Å². The summed E-state index contributed by atoms with van der Waals surface area (Å²) in [5.41, 5.74) is 2.28. The average Bonchev–Trinajstić information content (AvgIpc) is 2.49. The first kappa shape index (κ1) is 8.46. The molecule has 66 valence electrons. The van der Waals surface area contributed by atoms with E-state index in [1.165, 1.54) is 13.6 Å². The molecule has 0 saturated carbocycles. The predicted molar refractivity (Wildman–Crippen MR) is 55.6 cm³/mol. The zero-order valence-electron chi connectivity index (χ0n) is 7.73. The minimum absolute atomic E-state index is 1.13. The number of hydrogen-bond donors (Lipinski definition) is 0.